The molecule has 10 heteroatoms. The first-order valence-electron chi connectivity index (χ1n) is 13.6. The second-order valence-electron chi connectivity index (χ2n) is 10.6. The van der Waals surface area contributed by atoms with E-state index >= 15 is 0 Å². The van der Waals surface area contributed by atoms with Crippen molar-refractivity contribution < 1.29 is 23.3 Å². The van der Waals surface area contributed by atoms with E-state index in [1.54, 1.807) is 43.3 Å². The molecule has 3 aromatic carbocycles. The molecule has 0 radical (unpaired) electrons. The van der Waals surface area contributed by atoms with Gasteiger partial charge in [-0.05, 0) is 55.2 Å². The lowest BCUT2D eigenvalue weighted by Crippen LogP contribution is -2.43. The van der Waals surface area contributed by atoms with Crippen molar-refractivity contribution in [3.05, 3.63) is 121 Å². The van der Waals surface area contributed by atoms with Crippen LogP contribution in [0.3, 0.4) is 0 Å². The molecule has 0 N–H and O–H groups in total. The van der Waals surface area contributed by atoms with Gasteiger partial charge in [0.2, 0.25) is 5.91 Å². The van der Waals surface area contributed by atoms with Crippen LogP contribution >= 0.6 is 0 Å². The fourth-order valence-corrected chi connectivity index (χ4v) is 4.53. The molecule has 218 valence electrons. The fourth-order valence-electron chi connectivity index (χ4n) is 4.53. The minimum Gasteiger partial charge on any atom is -0.464 e. The second kappa shape index (κ2) is 13.2. The van der Waals surface area contributed by atoms with Crippen molar-refractivity contribution in [3.8, 4) is 0 Å². The van der Waals surface area contributed by atoms with Crippen LogP contribution in [0.25, 0.3) is 11.0 Å². The number of nitrogens with zero attached hydrogens (tertiary/aromatic N) is 3. The number of carbonyl (C=O) groups excluding carboxylic acids is 2. The zero-order valence-corrected chi connectivity index (χ0v) is 23.7. The second-order valence-corrected chi connectivity index (χ2v) is 10.6. The average Bonchev–Trinajstić information content (AvgIpc) is 2.97. The topological polar surface area (TPSA) is 114 Å². The van der Waals surface area contributed by atoms with E-state index in [4.69, 9.17) is 4.42 Å². The number of aryl methyl sites for hydroxylation is 1. The number of carbonyl (C=O) groups is 2. The molecule has 1 aromatic heterocycles. The first kappa shape index (κ1) is 30.1. The van der Waals surface area contributed by atoms with Gasteiger partial charge in [0.1, 0.15) is 17.9 Å². The third-order valence-corrected chi connectivity index (χ3v) is 6.99. The maximum atomic E-state index is 13.8. The minimum atomic E-state index is -0.546. The first-order valence-corrected chi connectivity index (χ1v) is 13.6. The van der Waals surface area contributed by atoms with Crippen LogP contribution in [0.1, 0.15) is 47.3 Å². The third kappa shape index (κ3) is 7.25. The van der Waals surface area contributed by atoms with E-state index in [0.717, 1.165) is 0 Å². The zero-order valence-electron chi connectivity index (χ0n) is 23.7. The number of rotatable bonds is 11. The summed E-state index contributed by atoms with van der Waals surface area (Å²) in [4.78, 5) is 54.4. The van der Waals surface area contributed by atoms with E-state index in [2.05, 4.69) is 0 Å². The lowest BCUT2D eigenvalue weighted by atomic mass is 10.1. The van der Waals surface area contributed by atoms with Crippen molar-refractivity contribution in [1.29, 1.82) is 0 Å². The van der Waals surface area contributed by atoms with E-state index in [1.807, 2.05) is 13.8 Å². The van der Waals surface area contributed by atoms with Gasteiger partial charge < -0.3 is 14.2 Å². The quantitative estimate of drug-likeness (QED) is 0.164. The Labute approximate surface area is 242 Å². The Hall–Kier alpha value is -4.86. The molecule has 0 bridgehead atoms. The van der Waals surface area contributed by atoms with Gasteiger partial charge in [0.05, 0.1) is 28.7 Å². The molecular formula is C32H32FN3O6. The molecule has 0 aliphatic heterocycles. The SMILES string of the molecule is Cc1ccc(C(=O)N(CCC(C)C)CC(=O)N(Cc2ccc(F)cc2)Cc2coc3ccccc3c2=O)cc1[N+](=O)[O-]. The molecule has 4 aromatic rings. The Morgan fingerprint density at radius 1 is 1.00 bits per heavy atom. The highest BCUT2D eigenvalue weighted by molar-refractivity contribution is 5.97. The van der Waals surface area contributed by atoms with E-state index < -0.39 is 22.6 Å². The summed E-state index contributed by atoms with van der Waals surface area (Å²) in [5.41, 5.74) is 1.35. The van der Waals surface area contributed by atoms with Crippen molar-refractivity contribution >= 4 is 28.5 Å². The Morgan fingerprint density at radius 2 is 1.71 bits per heavy atom. The number of benzene rings is 3. The van der Waals surface area contributed by atoms with Crippen molar-refractivity contribution in [3.63, 3.8) is 0 Å². The lowest BCUT2D eigenvalue weighted by molar-refractivity contribution is -0.385. The number of amides is 2. The molecule has 0 spiro atoms. The molecule has 1 heterocycles. The molecule has 0 aliphatic carbocycles. The van der Waals surface area contributed by atoms with E-state index in [9.17, 15) is 28.9 Å². The molecule has 0 saturated heterocycles. The van der Waals surface area contributed by atoms with Crippen molar-refractivity contribution in [1.82, 2.24) is 9.80 Å². The zero-order chi connectivity index (χ0) is 30.4. The number of halogens is 1. The summed E-state index contributed by atoms with van der Waals surface area (Å²) in [6.07, 6.45) is 1.92. The van der Waals surface area contributed by atoms with E-state index in [0.29, 0.717) is 28.5 Å². The summed E-state index contributed by atoms with van der Waals surface area (Å²) in [5.74, 6) is -1.17. The largest absolute Gasteiger partial charge is 0.464 e. The molecule has 0 aliphatic rings. The molecule has 0 saturated carbocycles. The fraction of sp³-hybridized carbons (Fsp3) is 0.281. The van der Waals surface area contributed by atoms with Gasteiger partial charge in [0, 0.05) is 30.3 Å². The van der Waals surface area contributed by atoms with Crippen LogP contribution < -0.4 is 5.43 Å². The molecular weight excluding hydrogens is 541 g/mol. The van der Waals surface area contributed by atoms with Gasteiger partial charge in [-0.1, -0.05) is 44.2 Å². The number of hydrogen-bond acceptors (Lipinski definition) is 6. The molecule has 0 atom stereocenters. The van der Waals surface area contributed by atoms with Crippen molar-refractivity contribution in [2.45, 2.75) is 40.3 Å². The molecule has 0 unspecified atom stereocenters. The first-order chi connectivity index (χ1) is 20.0. The normalized spacial score (nSPS) is 11.1. The molecule has 9 nitrogen and oxygen atoms in total. The number of para-hydroxylation sites is 1. The maximum Gasteiger partial charge on any atom is 0.273 e. The van der Waals surface area contributed by atoms with Crippen LogP contribution in [-0.4, -0.2) is 39.6 Å². The summed E-state index contributed by atoms with van der Waals surface area (Å²) in [6.45, 7) is 5.42. The predicted molar refractivity (Wildman–Crippen MR) is 156 cm³/mol. The third-order valence-electron chi connectivity index (χ3n) is 6.99. The van der Waals surface area contributed by atoms with Gasteiger partial charge >= 0.3 is 0 Å². The van der Waals surface area contributed by atoms with Crippen LogP contribution in [0.5, 0.6) is 0 Å². The number of nitro groups is 1. The summed E-state index contributed by atoms with van der Waals surface area (Å²) in [5, 5.41) is 11.9. The highest BCUT2D eigenvalue weighted by Crippen LogP contribution is 2.21. The van der Waals surface area contributed by atoms with Crippen LogP contribution in [0.2, 0.25) is 0 Å². The number of nitro benzene ring substituents is 1. The molecule has 2 amide bonds. The Kier molecular flexibility index (Phi) is 9.46. The minimum absolute atomic E-state index is 0.0492. The molecule has 4 rings (SSSR count). The smallest absolute Gasteiger partial charge is 0.273 e. The highest BCUT2D eigenvalue weighted by Gasteiger charge is 2.25. The van der Waals surface area contributed by atoms with Gasteiger partial charge in [-0.3, -0.25) is 24.5 Å². The summed E-state index contributed by atoms with van der Waals surface area (Å²) in [7, 11) is 0. The lowest BCUT2D eigenvalue weighted by Gasteiger charge is -2.28. The highest BCUT2D eigenvalue weighted by atomic mass is 19.1. The van der Waals surface area contributed by atoms with Crippen LogP contribution in [0, 0.1) is 28.8 Å². The van der Waals surface area contributed by atoms with Gasteiger partial charge in [-0.15, -0.1) is 0 Å². The van der Waals surface area contributed by atoms with Gasteiger partial charge in [0.25, 0.3) is 11.6 Å². The Morgan fingerprint density at radius 3 is 2.40 bits per heavy atom. The van der Waals surface area contributed by atoms with E-state index in [1.165, 1.54) is 46.4 Å². The van der Waals surface area contributed by atoms with Crippen molar-refractivity contribution in [2.24, 2.45) is 5.92 Å². The van der Waals surface area contributed by atoms with Gasteiger partial charge in [0.15, 0.2) is 5.43 Å². The van der Waals surface area contributed by atoms with Crippen molar-refractivity contribution in [2.75, 3.05) is 13.1 Å². The average molecular weight is 574 g/mol. The Bertz CT molecular complexity index is 1670. The van der Waals surface area contributed by atoms with Gasteiger partial charge in [-0.2, -0.15) is 0 Å². The Balaban J connectivity index is 1.66. The molecule has 0 fully saturated rings. The van der Waals surface area contributed by atoms with Crippen LogP contribution in [-0.2, 0) is 17.9 Å². The monoisotopic (exact) mass is 573 g/mol. The number of fused-ring (bicyclic) bond motifs is 1. The molecule has 42 heavy (non-hydrogen) atoms. The summed E-state index contributed by atoms with van der Waals surface area (Å²) < 4.78 is 19.2. The standard InChI is InChI=1S/C32H32FN3O6/c1-21(2)14-15-34(32(39)24-11-8-22(3)28(16-24)36(40)41)19-30(37)35(17-23-9-12-26(33)13-10-23)18-25-20-42-29-7-5-4-6-27(29)31(25)38/h4-13,16,20-21H,14-15,17-19H2,1-3H3. The van der Waals surface area contributed by atoms with Crippen LogP contribution in [0.15, 0.2) is 82.2 Å². The van der Waals surface area contributed by atoms with E-state index in [-0.39, 0.29) is 54.3 Å². The van der Waals surface area contributed by atoms with Crippen LogP contribution in [0.4, 0.5) is 10.1 Å². The predicted octanol–water partition coefficient (Wildman–Crippen LogP) is 5.87. The maximum absolute atomic E-state index is 13.8. The summed E-state index contributed by atoms with van der Waals surface area (Å²) in [6, 6.07) is 16.7. The van der Waals surface area contributed by atoms with Gasteiger partial charge in [-0.25, -0.2) is 4.39 Å². The summed E-state index contributed by atoms with van der Waals surface area (Å²) >= 11 is 0. The number of hydrogen-bond donors (Lipinski definition) is 0.